The van der Waals surface area contributed by atoms with Crippen LogP contribution < -0.4 is 20.1 Å². The Morgan fingerprint density at radius 2 is 1.96 bits per heavy atom. The van der Waals surface area contributed by atoms with Crippen molar-refractivity contribution >= 4 is 27.5 Å². The van der Waals surface area contributed by atoms with Crippen LogP contribution in [0.3, 0.4) is 0 Å². The van der Waals surface area contributed by atoms with Crippen molar-refractivity contribution in [3.63, 3.8) is 0 Å². The standard InChI is InChI=1S/C21H24N4O2S/c1-22-21(24-13-15-14-26-17-8-3-4-9-18(17)27-15)23-12-6-11-20-25-16-7-2-5-10-19(16)28-20/h2-5,7-10,15H,6,11-14H2,1H3,(H2,22,23,24). The van der Waals surface area contributed by atoms with Crippen LogP contribution in [0.5, 0.6) is 11.5 Å². The number of aliphatic imine (C=N–C) groups is 1. The summed E-state index contributed by atoms with van der Waals surface area (Å²) >= 11 is 1.77. The Morgan fingerprint density at radius 1 is 1.14 bits per heavy atom. The fourth-order valence-electron chi connectivity index (χ4n) is 3.07. The fourth-order valence-corrected chi connectivity index (χ4v) is 4.08. The molecule has 0 bridgehead atoms. The monoisotopic (exact) mass is 396 g/mol. The minimum absolute atomic E-state index is 0.0452. The second-order valence-electron chi connectivity index (χ2n) is 6.56. The van der Waals surface area contributed by atoms with E-state index in [1.807, 2.05) is 30.3 Å². The molecule has 2 N–H and O–H groups in total. The van der Waals surface area contributed by atoms with Crippen LogP contribution in [-0.4, -0.2) is 43.8 Å². The minimum atomic E-state index is -0.0452. The zero-order valence-electron chi connectivity index (χ0n) is 15.9. The third-order valence-corrected chi connectivity index (χ3v) is 5.58. The molecular weight excluding hydrogens is 372 g/mol. The van der Waals surface area contributed by atoms with Gasteiger partial charge in [0.25, 0.3) is 0 Å². The number of benzene rings is 2. The molecule has 0 fully saturated rings. The predicted molar refractivity (Wildman–Crippen MR) is 114 cm³/mol. The Hall–Kier alpha value is -2.80. The Morgan fingerprint density at radius 3 is 2.82 bits per heavy atom. The molecule has 0 spiro atoms. The molecule has 0 saturated carbocycles. The molecule has 1 aliphatic rings. The number of fused-ring (bicyclic) bond motifs is 2. The zero-order valence-corrected chi connectivity index (χ0v) is 16.7. The van der Waals surface area contributed by atoms with Gasteiger partial charge in [-0.2, -0.15) is 0 Å². The molecule has 1 aromatic heterocycles. The molecule has 0 radical (unpaired) electrons. The quantitative estimate of drug-likeness (QED) is 0.380. The summed E-state index contributed by atoms with van der Waals surface area (Å²) in [6.45, 7) is 1.99. The number of guanidine groups is 1. The summed E-state index contributed by atoms with van der Waals surface area (Å²) in [5.74, 6) is 2.36. The molecule has 0 saturated heterocycles. The summed E-state index contributed by atoms with van der Waals surface area (Å²) in [6.07, 6.45) is 1.91. The molecule has 7 heteroatoms. The SMILES string of the molecule is CN=C(NCCCc1nc2ccccc2s1)NCC1COc2ccccc2O1. The van der Waals surface area contributed by atoms with Gasteiger partial charge in [0, 0.05) is 20.0 Å². The molecule has 2 heterocycles. The van der Waals surface area contributed by atoms with Crippen LogP contribution in [0, 0.1) is 0 Å². The first-order chi connectivity index (χ1) is 13.8. The Balaban J connectivity index is 1.19. The van der Waals surface area contributed by atoms with Crippen LogP contribution in [0.1, 0.15) is 11.4 Å². The van der Waals surface area contributed by atoms with E-state index in [-0.39, 0.29) is 6.10 Å². The van der Waals surface area contributed by atoms with Gasteiger partial charge in [0.15, 0.2) is 17.5 Å². The van der Waals surface area contributed by atoms with Crippen LogP contribution in [0.4, 0.5) is 0 Å². The number of para-hydroxylation sites is 3. The number of thiazole rings is 1. The summed E-state index contributed by atoms with van der Waals surface area (Å²) in [5.41, 5.74) is 1.09. The lowest BCUT2D eigenvalue weighted by atomic mass is 10.2. The van der Waals surface area contributed by atoms with Crippen LogP contribution >= 0.6 is 11.3 Å². The van der Waals surface area contributed by atoms with Crippen molar-refractivity contribution in [2.75, 3.05) is 26.7 Å². The average Bonchev–Trinajstić information content (AvgIpc) is 3.16. The van der Waals surface area contributed by atoms with Crippen molar-refractivity contribution in [2.45, 2.75) is 18.9 Å². The van der Waals surface area contributed by atoms with Crippen molar-refractivity contribution < 1.29 is 9.47 Å². The van der Waals surface area contributed by atoms with Gasteiger partial charge in [-0.15, -0.1) is 11.3 Å². The van der Waals surface area contributed by atoms with Crippen molar-refractivity contribution in [3.8, 4) is 11.5 Å². The fraction of sp³-hybridized carbons (Fsp3) is 0.333. The van der Waals surface area contributed by atoms with E-state index in [2.05, 4.69) is 38.8 Å². The van der Waals surface area contributed by atoms with Gasteiger partial charge >= 0.3 is 0 Å². The molecule has 0 amide bonds. The third-order valence-electron chi connectivity index (χ3n) is 4.49. The Labute approximate surface area is 168 Å². The van der Waals surface area contributed by atoms with E-state index in [1.165, 1.54) is 9.71 Å². The second-order valence-corrected chi connectivity index (χ2v) is 7.67. The van der Waals surface area contributed by atoms with Crippen molar-refractivity contribution in [3.05, 3.63) is 53.5 Å². The van der Waals surface area contributed by atoms with E-state index in [0.29, 0.717) is 13.2 Å². The molecular formula is C21H24N4O2S. The highest BCUT2D eigenvalue weighted by atomic mass is 32.1. The first-order valence-corrected chi connectivity index (χ1v) is 10.3. The summed E-state index contributed by atoms with van der Waals surface area (Å²) in [7, 11) is 1.77. The smallest absolute Gasteiger partial charge is 0.191 e. The summed E-state index contributed by atoms with van der Waals surface area (Å²) in [5, 5.41) is 7.84. The number of aromatic nitrogens is 1. The van der Waals surface area contributed by atoms with Gasteiger partial charge in [-0.1, -0.05) is 24.3 Å². The molecule has 1 atom stereocenters. The molecule has 6 nitrogen and oxygen atoms in total. The van der Waals surface area contributed by atoms with E-state index < -0.39 is 0 Å². The summed E-state index contributed by atoms with van der Waals surface area (Å²) < 4.78 is 13.0. The number of hydrogen-bond donors (Lipinski definition) is 2. The molecule has 1 unspecified atom stereocenters. The Bertz CT molecular complexity index is 923. The van der Waals surface area contributed by atoms with E-state index >= 15 is 0 Å². The maximum absolute atomic E-state index is 5.96. The maximum atomic E-state index is 5.96. The van der Waals surface area contributed by atoms with E-state index in [0.717, 1.165) is 42.4 Å². The summed E-state index contributed by atoms with van der Waals surface area (Å²) in [6, 6.07) is 16.0. The van der Waals surface area contributed by atoms with Gasteiger partial charge in [-0.3, -0.25) is 4.99 Å². The number of rotatable bonds is 6. The number of ether oxygens (including phenoxy) is 2. The van der Waals surface area contributed by atoms with Gasteiger partial charge in [0.05, 0.1) is 21.8 Å². The van der Waals surface area contributed by atoms with Crippen LogP contribution in [-0.2, 0) is 6.42 Å². The molecule has 4 rings (SSSR count). The lowest BCUT2D eigenvalue weighted by Crippen LogP contribution is -2.45. The minimum Gasteiger partial charge on any atom is -0.486 e. The number of aryl methyl sites for hydroxylation is 1. The van der Waals surface area contributed by atoms with Crippen molar-refractivity contribution in [1.82, 2.24) is 15.6 Å². The summed E-state index contributed by atoms with van der Waals surface area (Å²) in [4.78, 5) is 8.96. The van der Waals surface area contributed by atoms with Crippen LogP contribution in [0.2, 0.25) is 0 Å². The van der Waals surface area contributed by atoms with Crippen LogP contribution in [0.25, 0.3) is 10.2 Å². The van der Waals surface area contributed by atoms with Gasteiger partial charge in [0.2, 0.25) is 0 Å². The van der Waals surface area contributed by atoms with Crippen molar-refractivity contribution in [2.24, 2.45) is 4.99 Å². The average molecular weight is 397 g/mol. The molecule has 0 aliphatic carbocycles. The topological polar surface area (TPSA) is 67.8 Å². The molecule has 28 heavy (non-hydrogen) atoms. The first kappa shape index (κ1) is 18.6. The lowest BCUT2D eigenvalue weighted by molar-refractivity contribution is 0.0936. The van der Waals surface area contributed by atoms with Gasteiger partial charge in [-0.05, 0) is 30.7 Å². The maximum Gasteiger partial charge on any atom is 0.191 e. The highest BCUT2D eigenvalue weighted by molar-refractivity contribution is 7.18. The van der Waals surface area contributed by atoms with E-state index in [9.17, 15) is 0 Å². The highest BCUT2D eigenvalue weighted by Crippen LogP contribution is 2.30. The molecule has 146 valence electrons. The third kappa shape index (κ3) is 4.54. The molecule has 2 aromatic carbocycles. The normalized spacial score (nSPS) is 16.2. The van der Waals surface area contributed by atoms with Crippen LogP contribution in [0.15, 0.2) is 53.5 Å². The number of nitrogens with zero attached hydrogens (tertiary/aromatic N) is 2. The predicted octanol–water partition coefficient (Wildman–Crippen LogP) is 3.23. The molecule has 3 aromatic rings. The first-order valence-electron chi connectivity index (χ1n) is 9.49. The largest absolute Gasteiger partial charge is 0.486 e. The van der Waals surface area contributed by atoms with E-state index in [1.54, 1.807) is 18.4 Å². The number of nitrogens with one attached hydrogen (secondary N) is 2. The molecule has 1 aliphatic heterocycles. The second kappa shape index (κ2) is 8.93. The number of hydrogen-bond acceptors (Lipinski definition) is 5. The van der Waals surface area contributed by atoms with E-state index in [4.69, 9.17) is 9.47 Å². The zero-order chi connectivity index (χ0) is 19.2. The highest BCUT2D eigenvalue weighted by Gasteiger charge is 2.20. The lowest BCUT2D eigenvalue weighted by Gasteiger charge is -2.27. The van der Waals surface area contributed by atoms with Crippen molar-refractivity contribution in [1.29, 1.82) is 0 Å². The van der Waals surface area contributed by atoms with Gasteiger partial charge < -0.3 is 20.1 Å². The Kier molecular flexibility index (Phi) is 5.92. The van der Waals surface area contributed by atoms with Gasteiger partial charge in [0.1, 0.15) is 12.7 Å². The van der Waals surface area contributed by atoms with Gasteiger partial charge in [-0.25, -0.2) is 4.98 Å².